The molecule has 0 saturated heterocycles. The molecule has 0 aliphatic carbocycles. The first kappa shape index (κ1) is 25.9. The van der Waals surface area contributed by atoms with Crippen LogP contribution in [0.15, 0.2) is 18.2 Å². The van der Waals surface area contributed by atoms with E-state index in [1.54, 1.807) is 19.2 Å². The van der Waals surface area contributed by atoms with Crippen LogP contribution in [0.2, 0.25) is 0 Å². The Balaban J connectivity index is 2.33. The number of ketones is 1. The van der Waals surface area contributed by atoms with E-state index in [1.807, 2.05) is 32.9 Å². The Morgan fingerprint density at radius 1 is 1.22 bits per heavy atom. The first-order chi connectivity index (χ1) is 15.3. The molecule has 0 unspecified atom stereocenters. The SMILES string of the molecule is COc1cc2c(c(OC[C@@H](O)CNC(C)C)c1)C(=O)O[C@@H](C)CCCC(=O)CCCC=C2. The number of esters is 1. The minimum atomic E-state index is -0.735. The topological polar surface area (TPSA) is 94.1 Å². The number of Topliss-reactive ketones (excluding diaryl/α,β-unsaturated/α-hetero) is 1. The Morgan fingerprint density at radius 3 is 2.69 bits per heavy atom. The predicted octanol–water partition coefficient (Wildman–Crippen LogP) is 3.91. The van der Waals surface area contributed by atoms with E-state index in [-0.39, 0.29) is 24.5 Å². The fourth-order valence-electron chi connectivity index (χ4n) is 3.45. The standard InChI is InChI=1S/C25H37NO6/c1-17(2)26-15-21(28)16-31-23-14-22(30-4)13-19-10-6-5-7-11-20(27)12-8-9-18(3)32-25(29)24(19)23/h6,10,13-14,17-18,21,26,28H,5,7-9,11-12,15-16H2,1-4H3/t18-,21-/m0/s1. The van der Waals surface area contributed by atoms with E-state index < -0.39 is 12.1 Å². The second-order valence-electron chi connectivity index (χ2n) is 8.56. The predicted molar refractivity (Wildman–Crippen MR) is 124 cm³/mol. The van der Waals surface area contributed by atoms with Crippen LogP contribution in [0.4, 0.5) is 0 Å². The third-order valence-electron chi connectivity index (χ3n) is 5.24. The summed E-state index contributed by atoms with van der Waals surface area (Å²) >= 11 is 0. The summed E-state index contributed by atoms with van der Waals surface area (Å²) in [5.74, 6) is 0.604. The van der Waals surface area contributed by atoms with Crippen molar-refractivity contribution in [1.82, 2.24) is 5.32 Å². The average molecular weight is 448 g/mol. The van der Waals surface area contributed by atoms with Crippen molar-refractivity contribution in [2.75, 3.05) is 20.3 Å². The van der Waals surface area contributed by atoms with Gasteiger partial charge in [0.25, 0.3) is 0 Å². The lowest BCUT2D eigenvalue weighted by molar-refractivity contribution is -0.119. The molecule has 0 bridgehead atoms. The molecule has 7 nitrogen and oxygen atoms in total. The minimum absolute atomic E-state index is 0.0218. The van der Waals surface area contributed by atoms with Crippen LogP contribution in [0.1, 0.15) is 75.2 Å². The molecule has 1 aromatic rings. The quantitative estimate of drug-likeness (QED) is 0.612. The van der Waals surface area contributed by atoms with Gasteiger partial charge in [0, 0.05) is 31.5 Å². The first-order valence-electron chi connectivity index (χ1n) is 11.5. The van der Waals surface area contributed by atoms with Crippen LogP contribution in [0.25, 0.3) is 6.08 Å². The van der Waals surface area contributed by atoms with Crippen molar-refractivity contribution >= 4 is 17.8 Å². The number of carbonyl (C=O) groups excluding carboxylic acids is 2. The molecule has 1 aliphatic heterocycles. The largest absolute Gasteiger partial charge is 0.497 e. The van der Waals surface area contributed by atoms with Crippen molar-refractivity contribution in [1.29, 1.82) is 0 Å². The van der Waals surface area contributed by atoms with Gasteiger partial charge in [0.05, 0.1) is 13.2 Å². The minimum Gasteiger partial charge on any atom is -0.497 e. The molecule has 0 saturated carbocycles. The number of ether oxygens (including phenoxy) is 3. The van der Waals surface area contributed by atoms with E-state index in [4.69, 9.17) is 14.2 Å². The number of hydrogen-bond donors (Lipinski definition) is 2. The van der Waals surface area contributed by atoms with Gasteiger partial charge in [-0.2, -0.15) is 0 Å². The zero-order valence-corrected chi connectivity index (χ0v) is 19.7. The lowest BCUT2D eigenvalue weighted by Gasteiger charge is -2.20. The number of fused-ring (bicyclic) bond motifs is 1. The van der Waals surface area contributed by atoms with Gasteiger partial charge in [-0.05, 0) is 44.2 Å². The van der Waals surface area contributed by atoms with Crippen LogP contribution in [0.5, 0.6) is 11.5 Å². The highest BCUT2D eigenvalue weighted by molar-refractivity contribution is 5.97. The lowest BCUT2D eigenvalue weighted by atomic mass is 10.0. The Bertz CT molecular complexity index is 789. The van der Waals surface area contributed by atoms with Crippen molar-refractivity contribution in [2.24, 2.45) is 0 Å². The van der Waals surface area contributed by atoms with E-state index in [2.05, 4.69) is 5.32 Å². The summed E-state index contributed by atoms with van der Waals surface area (Å²) in [7, 11) is 1.55. The van der Waals surface area contributed by atoms with Crippen LogP contribution < -0.4 is 14.8 Å². The maximum Gasteiger partial charge on any atom is 0.342 e. The van der Waals surface area contributed by atoms with Crippen LogP contribution in [-0.4, -0.2) is 55.4 Å². The molecule has 178 valence electrons. The summed E-state index contributed by atoms with van der Waals surface area (Å²) in [4.78, 5) is 25.1. The molecule has 0 radical (unpaired) electrons. The number of benzene rings is 1. The van der Waals surface area contributed by atoms with Crippen molar-refractivity contribution in [3.63, 3.8) is 0 Å². The van der Waals surface area contributed by atoms with Crippen molar-refractivity contribution < 1.29 is 28.9 Å². The maximum absolute atomic E-state index is 13.1. The number of hydrogen-bond acceptors (Lipinski definition) is 7. The van der Waals surface area contributed by atoms with E-state index in [1.165, 1.54) is 0 Å². The molecule has 1 aromatic carbocycles. The van der Waals surface area contributed by atoms with Crippen molar-refractivity contribution in [3.05, 3.63) is 29.3 Å². The van der Waals surface area contributed by atoms with Gasteiger partial charge >= 0.3 is 5.97 Å². The molecule has 0 amide bonds. The van der Waals surface area contributed by atoms with Crippen LogP contribution >= 0.6 is 0 Å². The molecular weight excluding hydrogens is 410 g/mol. The number of cyclic esters (lactones) is 1. The highest BCUT2D eigenvalue weighted by Crippen LogP contribution is 2.32. The maximum atomic E-state index is 13.1. The van der Waals surface area contributed by atoms with Gasteiger partial charge in [-0.3, -0.25) is 4.79 Å². The Labute approximate surface area is 191 Å². The molecule has 0 spiro atoms. The number of aliphatic hydroxyl groups is 1. The fourth-order valence-corrected chi connectivity index (χ4v) is 3.45. The van der Waals surface area contributed by atoms with Crippen LogP contribution in [0.3, 0.4) is 0 Å². The molecule has 1 aliphatic rings. The third-order valence-corrected chi connectivity index (χ3v) is 5.24. The molecule has 0 aromatic heterocycles. The Hall–Kier alpha value is -2.38. The number of allylic oxidation sites excluding steroid dienone is 1. The normalized spacial score (nSPS) is 19.1. The second kappa shape index (κ2) is 13.2. The molecule has 2 atom stereocenters. The van der Waals surface area contributed by atoms with Gasteiger partial charge in [-0.15, -0.1) is 0 Å². The summed E-state index contributed by atoms with van der Waals surface area (Å²) < 4.78 is 17.0. The molecule has 1 heterocycles. The molecule has 32 heavy (non-hydrogen) atoms. The fraction of sp³-hybridized carbons (Fsp3) is 0.600. The number of nitrogens with one attached hydrogen (secondary N) is 1. The average Bonchev–Trinajstić information content (AvgIpc) is 2.74. The lowest BCUT2D eigenvalue weighted by Crippen LogP contribution is -2.35. The Morgan fingerprint density at radius 2 is 1.97 bits per heavy atom. The number of carbonyl (C=O) groups is 2. The van der Waals surface area contributed by atoms with Gasteiger partial charge in [0.2, 0.25) is 0 Å². The number of aliphatic hydroxyl groups excluding tert-OH is 1. The molecular formula is C25H37NO6. The van der Waals surface area contributed by atoms with Gasteiger partial charge in [0.15, 0.2) is 0 Å². The van der Waals surface area contributed by atoms with E-state index in [0.29, 0.717) is 54.9 Å². The molecule has 0 fully saturated rings. The monoisotopic (exact) mass is 447 g/mol. The molecule has 2 N–H and O–H groups in total. The van der Waals surface area contributed by atoms with E-state index >= 15 is 0 Å². The summed E-state index contributed by atoms with van der Waals surface area (Å²) in [5.41, 5.74) is 0.931. The van der Waals surface area contributed by atoms with Crippen LogP contribution in [-0.2, 0) is 9.53 Å². The van der Waals surface area contributed by atoms with Crippen molar-refractivity contribution in [3.8, 4) is 11.5 Å². The zero-order chi connectivity index (χ0) is 23.5. The first-order valence-corrected chi connectivity index (χ1v) is 11.5. The number of methoxy groups -OCH3 is 1. The van der Waals surface area contributed by atoms with E-state index in [9.17, 15) is 14.7 Å². The van der Waals surface area contributed by atoms with Crippen molar-refractivity contribution in [2.45, 2.75) is 77.5 Å². The smallest absolute Gasteiger partial charge is 0.342 e. The van der Waals surface area contributed by atoms with Crippen LogP contribution in [0, 0.1) is 0 Å². The Kier molecular flexibility index (Phi) is 10.7. The summed E-state index contributed by atoms with van der Waals surface area (Å²) in [5, 5.41) is 13.4. The zero-order valence-electron chi connectivity index (χ0n) is 19.7. The third kappa shape index (κ3) is 8.63. The van der Waals surface area contributed by atoms with Gasteiger partial charge < -0.3 is 24.6 Å². The summed E-state index contributed by atoms with van der Waals surface area (Å²) in [6.45, 7) is 6.23. The molecule has 2 rings (SSSR count). The summed E-state index contributed by atoms with van der Waals surface area (Å²) in [6.07, 6.45) is 6.59. The summed E-state index contributed by atoms with van der Waals surface area (Å²) in [6, 6.07) is 3.65. The second-order valence-corrected chi connectivity index (χ2v) is 8.56. The molecule has 7 heteroatoms. The van der Waals surface area contributed by atoms with Gasteiger partial charge in [-0.25, -0.2) is 4.79 Å². The highest BCUT2D eigenvalue weighted by atomic mass is 16.5. The van der Waals surface area contributed by atoms with E-state index in [0.717, 1.165) is 12.8 Å². The van der Waals surface area contributed by atoms with Gasteiger partial charge in [-0.1, -0.05) is 26.0 Å². The highest BCUT2D eigenvalue weighted by Gasteiger charge is 2.23. The van der Waals surface area contributed by atoms with Gasteiger partial charge in [0.1, 0.15) is 35.6 Å². The number of rotatable bonds is 7.